The summed E-state index contributed by atoms with van der Waals surface area (Å²) in [5.41, 5.74) is 7.78. The molecule has 0 bridgehead atoms. The van der Waals surface area contributed by atoms with Crippen LogP contribution in [-0.2, 0) is 19.0 Å². The lowest BCUT2D eigenvalue weighted by molar-refractivity contribution is -0.385. The van der Waals surface area contributed by atoms with Crippen LogP contribution in [0, 0.1) is 26.6 Å². The monoisotopic (exact) mass is 672 g/mol. The molecule has 0 saturated carbocycles. The van der Waals surface area contributed by atoms with Crippen molar-refractivity contribution in [2.45, 2.75) is 6.42 Å². The number of non-ortho nitro benzene ring substituents is 2. The molecule has 3 aliphatic heterocycles. The lowest BCUT2D eigenvalue weighted by Gasteiger charge is -2.11. The van der Waals surface area contributed by atoms with E-state index in [-0.39, 0.29) is 23.4 Å². The van der Waals surface area contributed by atoms with Crippen molar-refractivity contribution < 1.29 is 38.4 Å². The molecule has 16 heteroatoms. The Morgan fingerprint density at radius 3 is 1.45 bits per heavy atom. The van der Waals surface area contributed by atoms with Crippen LogP contribution in [0.4, 0.5) is 38.0 Å². The third kappa shape index (κ3) is 10.2. The number of halogens is 1. The maximum Gasteiger partial charge on any atom is 0.414 e. The zero-order chi connectivity index (χ0) is 32.1. The normalized spacial score (nSPS) is 14.7. The molecule has 2 amide bonds. The minimum Gasteiger partial charge on any atom is -0.447 e. The van der Waals surface area contributed by atoms with E-state index < -0.39 is 15.9 Å². The van der Waals surface area contributed by atoms with Gasteiger partial charge in [0.15, 0.2) is 6.42 Å². The first kappa shape index (κ1) is 33.1. The average molecular weight is 673 g/mol. The Balaban J connectivity index is 0.000000167. The lowest BCUT2D eigenvalue weighted by Crippen LogP contribution is -2.23. The smallest absolute Gasteiger partial charge is 0.414 e. The molecule has 0 aliphatic carbocycles. The maximum atomic E-state index is 11.2. The highest BCUT2D eigenvalue weighted by molar-refractivity contribution is 9.10. The molecular formula is C28H27BrN5O10+. The zero-order valence-electron chi connectivity index (χ0n) is 23.1. The van der Waals surface area contributed by atoms with E-state index >= 15 is 0 Å². The number of amides is 2. The number of benzene rings is 3. The number of rotatable bonds is 4. The van der Waals surface area contributed by atoms with Crippen molar-refractivity contribution in [3.8, 4) is 0 Å². The quantitative estimate of drug-likeness (QED) is 0.0945. The number of nitrogen functional groups attached to an aromatic ring is 1. The molecule has 0 aromatic heterocycles. The van der Waals surface area contributed by atoms with Gasteiger partial charge in [0.2, 0.25) is 6.61 Å². The summed E-state index contributed by atoms with van der Waals surface area (Å²) in [6.45, 7) is 2.43. The van der Waals surface area contributed by atoms with Gasteiger partial charge in [-0.2, -0.15) is 0 Å². The van der Waals surface area contributed by atoms with Crippen molar-refractivity contribution >= 4 is 62.5 Å². The van der Waals surface area contributed by atoms with E-state index in [0.717, 1.165) is 10.2 Å². The lowest BCUT2D eigenvalue weighted by atomic mass is 10.2. The summed E-state index contributed by atoms with van der Waals surface area (Å²) in [6.07, 6.45) is 1.61. The van der Waals surface area contributed by atoms with Crippen molar-refractivity contribution in [3.63, 3.8) is 0 Å². The molecule has 0 spiro atoms. The fourth-order valence-corrected chi connectivity index (χ4v) is 3.88. The number of ether oxygens (including phenoxy) is 3. The molecule has 44 heavy (non-hydrogen) atoms. The summed E-state index contributed by atoms with van der Waals surface area (Å²) in [6, 6.07) is 19.1. The molecule has 0 atom stereocenters. The number of esters is 1. The molecule has 0 unspecified atom stereocenters. The summed E-state index contributed by atoms with van der Waals surface area (Å²) in [5.74, 6) is -0.102. The molecule has 3 aromatic rings. The van der Waals surface area contributed by atoms with Gasteiger partial charge in [0.1, 0.15) is 19.6 Å². The van der Waals surface area contributed by atoms with E-state index in [4.69, 9.17) is 15.2 Å². The molecule has 15 nitrogen and oxygen atoms in total. The number of anilines is 3. The predicted octanol–water partition coefficient (Wildman–Crippen LogP) is 5.27. The van der Waals surface area contributed by atoms with Gasteiger partial charge in [-0.15, -0.1) is 0 Å². The van der Waals surface area contributed by atoms with Crippen molar-refractivity contribution in [1.29, 1.82) is 0 Å². The molecular weight excluding hydrogens is 646 g/mol. The van der Waals surface area contributed by atoms with Gasteiger partial charge in [-0.1, -0.05) is 15.9 Å². The highest BCUT2D eigenvalue weighted by Gasteiger charge is 2.24. The number of cyclic esters (lactones) is 3. The van der Waals surface area contributed by atoms with Crippen LogP contribution in [0.2, 0.25) is 0 Å². The summed E-state index contributed by atoms with van der Waals surface area (Å²) in [4.78, 5) is 54.9. The Morgan fingerprint density at radius 2 is 1.14 bits per heavy atom. The summed E-state index contributed by atoms with van der Waals surface area (Å²) >= 11 is 3.17. The number of nitrogens with zero attached hydrogens (tertiary/aromatic N) is 4. The topological polar surface area (TPSA) is 198 Å². The summed E-state index contributed by atoms with van der Waals surface area (Å²) in [5, 5.41) is 20.5. The highest BCUT2D eigenvalue weighted by Crippen LogP contribution is 2.22. The first-order valence-electron chi connectivity index (χ1n) is 12.9. The standard InChI is InChI=1S/C9H8N2O4.C9H10N2O2.C6H4BrNO2.C4H5O2/c12-9-10(5-6-15-9)7-1-3-8(4-2-7)11(13)14;10-7-1-3-8(4-2-7)11-5-6-13-9(11)12;7-5-1-3-6(4-2-5)8(9)10;5-4-2-1-3-6-4/h1-4H,5-6H2;1-4H,5-6,10H2;1-4H;1H,2-3H2/q;;;+1. The Bertz CT molecular complexity index is 1450. The van der Waals surface area contributed by atoms with Crippen LogP contribution < -0.4 is 15.5 Å². The van der Waals surface area contributed by atoms with Crippen molar-refractivity contribution in [3.05, 3.63) is 104 Å². The molecule has 0 radical (unpaired) electrons. The van der Waals surface area contributed by atoms with Gasteiger partial charge >= 0.3 is 18.2 Å². The third-order valence-electron chi connectivity index (χ3n) is 5.81. The van der Waals surface area contributed by atoms with E-state index in [1.807, 2.05) is 18.6 Å². The number of carbonyl (C=O) groups is 3. The first-order valence-corrected chi connectivity index (χ1v) is 13.7. The average Bonchev–Trinajstić information content (AvgIpc) is 3.78. The predicted molar refractivity (Wildman–Crippen MR) is 162 cm³/mol. The van der Waals surface area contributed by atoms with Gasteiger partial charge in [-0.3, -0.25) is 30.0 Å². The number of nitro groups is 2. The Labute approximate surface area is 259 Å². The fraction of sp³-hybridized carbons (Fsp3) is 0.214. The van der Waals surface area contributed by atoms with E-state index in [9.17, 15) is 34.6 Å². The fourth-order valence-electron chi connectivity index (χ4n) is 3.61. The molecule has 3 saturated heterocycles. The third-order valence-corrected chi connectivity index (χ3v) is 6.34. The van der Waals surface area contributed by atoms with Crippen LogP contribution in [0.25, 0.3) is 0 Å². The van der Waals surface area contributed by atoms with Crippen LogP contribution in [-0.4, -0.2) is 60.9 Å². The second kappa shape index (κ2) is 16.3. The van der Waals surface area contributed by atoms with Crippen LogP contribution >= 0.6 is 15.9 Å². The molecule has 2 N–H and O–H groups in total. The maximum absolute atomic E-state index is 11.2. The van der Waals surface area contributed by atoms with E-state index in [0.29, 0.717) is 50.7 Å². The number of nitro benzene ring substituents is 2. The molecule has 3 aromatic carbocycles. The van der Waals surface area contributed by atoms with Crippen LogP contribution in [0.3, 0.4) is 0 Å². The number of nitrogens with two attached hydrogens (primary N) is 1. The van der Waals surface area contributed by atoms with Crippen molar-refractivity contribution in [1.82, 2.24) is 0 Å². The number of hydrogen-bond acceptors (Lipinski definition) is 11. The van der Waals surface area contributed by atoms with Crippen LogP contribution in [0.5, 0.6) is 0 Å². The highest BCUT2D eigenvalue weighted by atomic mass is 79.9. The van der Waals surface area contributed by atoms with Crippen LogP contribution in [0.15, 0.2) is 77.3 Å². The Morgan fingerprint density at radius 1 is 0.705 bits per heavy atom. The van der Waals surface area contributed by atoms with Crippen molar-refractivity contribution in [2.24, 2.45) is 0 Å². The second-order valence-electron chi connectivity index (χ2n) is 8.81. The minimum absolute atomic E-state index is 0.00585. The number of hydrogen-bond donors (Lipinski definition) is 1. The van der Waals surface area contributed by atoms with Gasteiger partial charge < -0.3 is 19.9 Å². The van der Waals surface area contributed by atoms with E-state index in [2.05, 4.69) is 20.7 Å². The zero-order valence-corrected chi connectivity index (χ0v) is 24.7. The Kier molecular flexibility index (Phi) is 12.3. The van der Waals surface area contributed by atoms with Gasteiger partial charge in [0, 0.05) is 45.8 Å². The summed E-state index contributed by atoms with van der Waals surface area (Å²) < 4.78 is 14.9. The molecule has 3 aliphatic rings. The molecule has 230 valence electrons. The molecule has 3 heterocycles. The molecule has 3 fully saturated rings. The van der Waals surface area contributed by atoms with Crippen molar-refractivity contribution in [2.75, 3.05) is 48.4 Å². The molecule has 6 rings (SSSR count). The van der Waals surface area contributed by atoms with Gasteiger partial charge in [0.25, 0.3) is 11.4 Å². The second-order valence-corrected chi connectivity index (χ2v) is 9.72. The summed E-state index contributed by atoms with van der Waals surface area (Å²) in [7, 11) is 0. The number of carbonyl (C=O) groups excluding carboxylic acids is 3. The SMILES string of the molecule is Nc1ccc(N2CCOC2=O)cc1.O=C1C[CH+]CO1.O=C1OCCN1c1ccc([N+](=O)[O-])cc1.O=[N+]([O-])c1ccc(Br)cc1. The van der Waals surface area contributed by atoms with E-state index in [1.165, 1.54) is 41.3 Å². The van der Waals surface area contributed by atoms with Crippen LogP contribution in [0.1, 0.15) is 6.42 Å². The van der Waals surface area contributed by atoms with E-state index in [1.54, 1.807) is 29.2 Å². The largest absolute Gasteiger partial charge is 0.447 e. The van der Waals surface area contributed by atoms with Gasteiger partial charge in [-0.25, -0.2) is 14.4 Å². The van der Waals surface area contributed by atoms with Gasteiger partial charge in [-0.05, 0) is 48.5 Å². The Hall–Kier alpha value is -5.38. The minimum atomic E-state index is -0.480. The first-order chi connectivity index (χ1) is 21.0. The van der Waals surface area contributed by atoms with Gasteiger partial charge in [0.05, 0.1) is 22.9 Å².